The van der Waals surface area contributed by atoms with E-state index in [2.05, 4.69) is 68.7 Å². The summed E-state index contributed by atoms with van der Waals surface area (Å²) in [6.07, 6.45) is 1.55. The van der Waals surface area contributed by atoms with E-state index < -0.39 is 11.5 Å². The highest BCUT2D eigenvalue weighted by Gasteiger charge is 2.41. The Labute approximate surface area is 373 Å². The molecule has 0 N–H and O–H groups in total. The van der Waals surface area contributed by atoms with Crippen molar-refractivity contribution in [2.45, 2.75) is 45.2 Å². The molecule has 0 amide bonds. The summed E-state index contributed by atoms with van der Waals surface area (Å²) in [5, 5.41) is 14.5. The Bertz CT molecular complexity index is 3030. The number of benzene rings is 6. The summed E-state index contributed by atoms with van der Waals surface area (Å²) in [4.78, 5) is 31.6. The van der Waals surface area contributed by atoms with Crippen molar-refractivity contribution < 1.29 is 13.9 Å². The molecular weight excluding hydrogens is 853 g/mol. The first-order valence-electron chi connectivity index (χ1n) is 20.9. The zero-order chi connectivity index (χ0) is 43.5. The number of fused-ring (bicyclic) bond motifs is 1. The second-order valence-electron chi connectivity index (χ2n) is 15.3. The van der Waals surface area contributed by atoms with E-state index in [0.29, 0.717) is 54.1 Å². The van der Waals surface area contributed by atoms with Crippen molar-refractivity contribution >= 4 is 32.9 Å². The molecule has 9 aromatic rings. The van der Waals surface area contributed by atoms with Gasteiger partial charge < -0.3 is 9.15 Å². The molecule has 0 bridgehead atoms. The number of methoxy groups -OCH3 is 1. The molecular formula is C52H43BrN6O4. The normalized spacial score (nSPS) is 11.6. The Morgan fingerprint density at radius 2 is 1.37 bits per heavy atom. The van der Waals surface area contributed by atoms with Crippen molar-refractivity contribution in [3.8, 4) is 22.7 Å². The molecule has 0 aliphatic rings. The fraction of sp³-hybridized carbons (Fsp3) is 0.154. The van der Waals surface area contributed by atoms with Crippen LogP contribution in [0.5, 0.6) is 0 Å². The number of tetrazole rings is 1. The minimum absolute atomic E-state index is 0.0890. The highest BCUT2D eigenvalue weighted by atomic mass is 79.9. The number of aryl methyl sites for hydroxylation is 2. The molecule has 0 unspecified atom stereocenters. The van der Waals surface area contributed by atoms with E-state index in [1.807, 2.05) is 116 Å². The maximum Gasteiger partial charge on any atom is 0.337 e. The van der Waals surface area contributed by atoms with Crippen molar-refractivity contribution in [2.24, 2.45) is 0 Å². The van der Waals surface area contributed by atoms with Gasteiger partial charge in [0.1, 0.15) is 22.7 Å². The lowest BCUT2D eigenvalue weighted by atomic mass is 9.77. The molecule has 0 fully saturated rings. The zero-order valence-corrected chi connectivity index (χ0v) is 36.6. The smallest absolute Gasteiger partial charge is 0.337 e. The quantitative estimate of drug-likeness (QED) is 0.0829. The van der Waals surface area contributed by atoms with Gasteiger partial charge in [-0.2, -0.15) is 0 Å². The van der Waals surface area contributed by atoms with Crippen LogP contribution < -0.4 is 5.56 Å². The highest BCUT2D eigenvalue weighted by molar-refractivity contribution is 9.10. The molecule has 0 atom stereocenters. The summed E-state index contributed by atoms with van der Waals surface area (Å²) in [6.45, 7) is 4.35. The predicted molar refractivity (Wildman–Crippen MR) is 248 cm³/mol. The number of ether oxygens (including phenoxy) is 1. The summed E-state index contributed by atoms with van der Waals surface area (Å²) in [5.41, 5.74) is 8.09. The number of aromatic nitrogens is 6. The molecule has 3 aromatic heterocycles. The first-order valence-corrected chi connectivity index (χ1v) is 21.7. The standard InChI is InChI=1S/C52H43BrN6O4/c1-4-44-42(31-34-16-15-17-38(30-34)51(61)62-3)50(60)58(46(5-2)54-44)33-35-24-29-45-43(32-35)47(53)48(63-45)36-25-27-37(28-26-36)49-55-56-57-59(49)52(39-18-9-6-10-19-39,40-20-11-7-12-21-40)41-22-13-8-14-23-41/h6-30,32H,4-5,31,33H2,1-3H3. The van der Waals surface area contributed by atoms with Crippen molar-refractivity contribution in [3.05, 3.63) is 223 Å². The third-order valence-electron chi connectivity index (χ3n) is 11.6. The molecule has 0 radical (unpaired) electrons. The summed E-state index contributed by atoms with van der Waals surface area (Å²) in [5.74, 6) is 1.58. The monoisotopic (exact) mass is 894 g/mol. The van der Waals surface area contributed by atoms with E-state index in [4.69, 9.17) is 19.4 Å². The molecule has 10 nitrogen and oxygen atoms in total. The van der Waals surface area contributed by atoms with E-state index in [1.165, 1.54) is 7.11 Å². The van der Waals surface area contributed by atoms with Crippen LogP contribution in [-0.2, 0) is 36.1 Å². The molecule has 0 aliphatic carbocycles. The van der Waals surface area contributed by atoms with Crippen LogP contribution in [0.2, 0.25) is 0 Å². The van der Waals surface area contributed by atoms with E-state index in [0.717, 1.165) is 60.3 Å². The van der Waals surface area contributed by atoms with Crippen LogP contribution in [0, 0.1) is 0 Å². The number of hydrogen-bond acceptors (Lipinski definition) is 8. The van der Waals surface area contributed by atoms with Gasteiger partial charge in [-0.05, 0) is 84.9 Å². The maximum absolute atomic E-state index is 14.3. The fourth-order valence-electron chi connectivity index (χ4n) is 8.57. The number of hydrogen-bond donors (Lipinski definition) is 0. The zero-order valence-electron chi connectivity index (χ0n) is 35.0. The third kappa shape index (κ3) is 7.59. The van der Waals surface area contributed by atoms with Crippen LogP contribution in [0.1, 0.15) is 69.1 Å². The highest BCUT2D eigenvalue weighted by Crippen LogP contribution is 2.43. The minimum atomic E-state index is -0.878. The Balaban J connectivity index is 1.05. The molecule has 11 heteroatoms. The number of halogens is 1. The lowest BCUT2D eigenvalue weighted by Crippen LogP contribution is -2.39. The van der Waals surface area contributed by atoms with Crippen molar-refractivity contribution in [1.29, 1.82) is 0 Å². The number of carbonyl (C=O) groups excluding carboxylic acids is 1. The Morgan fingerprint density at radius 1 is 0.730 bits per heavy atom. The van der Waals surface area contributed by atoms with Crippen LogP contribution >= 0.6 is 15.9 Å². The molecule has 63 heavy (non-hydrogen) atoms. The van der Waals surface area contributed by atoms with Gasteiger partial charge in [0.05, 0.1) is 29.4 Å². The maximum atomic E-state index is 14.3. The van der Waals surface area contributed by atoms with Crippen LogP contribution in [0.25, 0.3) is 33.7 Å². The number of furan rings is 1. The molecule has 0 saturated heterocycles. The van der Waals surface area contributed by atoms with E-state index in [-0.39, 0.29) is 5.56 Å². The van der Waals surface area contributed by atoms with Gasteiger partial charge in [0.25, 0.3) is 5.56 Å². The summed E-state index contributed by atoms with van der Waals surface area (Å²) in [7, 11) is 1.36. The summed E-state index contributed by atoms with van der Waals surface area (Å²) < 4.78 is 15.9. The van der Waals surface area contributed by atoms with Gasteiger partial charge in [-0.1, -0.05) is 147 Å². The average molecular weight is 896 g/mol. The van der Waals surface area contributed by atoms with Crippen LogP contribution in [0.4, 0.5) is 0 Å². The molecule has 0 saturated carbocycles. The second kappa shape index (κ2) is 17.6. The molecule has 9 rings (SSSR count). The van der Waals surface area contributed by atoms with Gasteiger partial charge in [-0.3, -0.25) is 9.36 Å². The van der Waals surface area contributed by atoms with Gasteiger partial charge in [0, 0.05) is 34.9 Å². The average Bonchev–Trinajstić information content (AvgIpc) is 3.96. The number of esters is 1. The Morgan fingerprint density at radius 3 is 1.97 bits per heavy atom. The molecule has 0 aliphatic heterocycles. The molecule has 312 valence electrons. The topological polar surface area (TPSA) is 118 Å². The molecule has 0 spiro atoms. The van der Waals surface area contributed by atoms with Crippen molar-refractivity contribution in [2.75, 3.05) is 7.11 Å². The van der Waals surface area contributed by atoms with E-state index in [9.17, 15) is 9.59 Å². The first-order chi connectivity index (χ1) is 30.8. The second-order valence-corrected chi connectivity index (χ2v) is 16.1. The largest absolute Gasteiger partial charge is 0.465 e. The Kier molecular flexibility index (Phi) is 11.5. The summed E-state index contributed by atoms with van der Waals surface area (Å²) in [6, 6.07) is 52.3. The lowest BCUT2D eigenvalue weighted by Gasteiger charge is -2.36. The molecule has 3 heterocycles. The van der Waals surface area contributed by atoms with Crippen molar-refractivity contribution in [3.63, 3.8) is 0 Å². The first kappa shape index (κ1) is 41.1. The van der Waals surface area contributed by atoms with Crippen LogP contribution in [-0.4, -0.2) is 42.8 Å². The van der Waals surface area contributed by atoms with E-state index >= 15 is 0 Å². The van der Waals surface area contributed by atoms with Gasteiger partial charge in [0.2, 0.25) is 0 Å². The SMILES string of the molecule is CCc1nc(CC)n(Cc2ccc3oc(-c4ccc(-c5nnnn5C(c5ccccc5)(c5ccccc5)c5ccccc5)cc4)c(Br)c3c2)c(=O)c1Cc1cccc(C(=O)OC)c1. The van der Waals surface area contributed by atoms with E-state index in [1.54, 1.807) is 22.8 Å². The van der Waals surface area contributed by atoms with Crippen LogP contribution in [0.15, 0.2) is 171 Å². The number of carbonyl (C=O) groups is 1. The minimum Gasteiger partial charge on any atom is -0.465 e. The number of nitrogens with zero attached hydrogens (tertiary/aromatic N) is 6. The van der Waals surface area contributed by atoms with Crippen LogP contribution in [0.3, 0.4) is 0 Å². The van der Waals surface area contributed by atoms with Gasteiger partial charge in [-0.15, -0.1) is 5.10 Å². The Hall–Kier alpha value is -7.24. The van der Waals surface area contributed by atoms with Crippen molar-refractivity contribution in [1.82, 2.24) is 29.8 Å². The van der Waals surface area contributed by atoms with Gasteiger partial charge >= 0.3 is 5.97 Å². The van der Waals surface area contributed by atoms with Gasteiger partial charge in [0.15, 0.2) is 5.82 Å². The third-order valence-corrected chi connectivity index (χ3v) is 12.4. The fourth-order valence-corrected chi connectivity index (χ4v) is 9.19. The summed E-state index contributed by atoms with van der Waals surface area (Å²) >= 11 is 3.87. The molecule has 6 aromatic carbocycles. The lowest BCUT2D eigenvalue weighted by molar-refractivity contribution is 0.0600. The van der Waals surface area contributed by atoms with Gasteiger partial charge in [-0.25, -0.2) is 14.5 Å². The predicted octanol–water partition coefficient (Wildman–Crippen LogP) is 10.5. The number of rotatable bonds is 13.